The minimum atomic E-state index is -4.32. The molecule has 0 radical (unpaired) electrons. The summed E-state index contributed by atoms with van der Waals surface area (Å²) in [6.07, 6.45) is -0.0400. The zero-order valence-corrected chi connectivity index (χ0v) is 20.8. The summed E-state index contributed by atoms with van der Waals surface area (Å²) < 4.78 is 67.6. The first-order valence-corrected chi connectivity index (χ1v) is 13.7. The first-order valence-electron chi connectivity index (χ1n) is 10.6. The van der Waals surface area contributed by atoms with E-state index in [9.17, 15) is 31.3 Å². The fourth-order valence-electron chi connectivity index (χ4n) is 3.79. The molecule has 0 unspecified atom stereocenters. The number of nitrogens with zero attached hydrogens (tertiary/aromatic N) is 2. The van der Waals surface area contributed by atoms with Crippen LogP contribution in [0.5, 0.6) is 0 Å². The van der Waals surface area contributed by atoms with Crippen molar-refractivity contribution in [3.8, 4) is 0 Å². The molecule has 0 saturated carbocycles. The predicted molar refractivity (Wildman–Crippen MR) is 133 cm³/mol. The summed E-state index contributed by atoms with van der Waals surface area (Å²) in [7, 11) is -7.94. The first kappa shape index (κ1) is 25.3. The maximum absolute atomic E-state index is 13.9. The van der Waals surface area contributed by atoms with Crippen LogP contribution in [0.2, 0.25) is 0 Å². The van der Waals surface area contributed by atoms with Gasteiger partial charge in [-0.2, -0.15) is 5.10 Å². The molecule has 0 amide bonds. The Kier molecular flexibility index (Phi) is 6.54. The molecule has 0 spiro atoms. The van der Waals surface area contributed by atoms with Crippen LogP contribution in [0, 0.1) is 29.8 Å². The molecule has 13 heteroatoms. The van der Waals surface area contributed by atoms with Crippen molar-refractivity contribution in [1.82, 2.24) is 0 Å². The van der Waals surface area contributed by atoms with E-state index in [1.165, 1.54) is 6.07 Å². The van der Waals surface area contributed by atoms with Gasteiger partial charge in [-0.15, -0.1) is 0 Å². The molecular formula is C23H21FN4O6S2. The maximum Gasteiger partial charge on any atom is 0.270 e. The lowest BCUT2D eigenvalue weighted by atomic mass is 10.1. The molecule has 36 heavy (non-hydrogen) atoms. The van der Waals surface area contributed by atoms with Crippen LogP contribution in [0.1, 0.15) is 23.1 Å². The number of fused-ring (bicyclic) bond motifs is 1. The van der Waals surface area contributed by atoms with Crippen molar-refractivity contribution in [3.63, 3.8) is 0 Å². The van der Waals surface area contributed by atoms with Gasteiger partial charge in [0.25, 0.3) is 15.7 Å². The fraction of sp³-hybridized carbons (Fsp3) is 0.174. The Hall–Kier alpha value is -3.84. The standard InChI is InChI=1S/C23H21FN4O6S2/c1-14-3-6-19(15(2)11-14)27-36(33,34)23-13-17(28(29)30)5-7-21(23)26-25-20-9-10-35(31,32)22-8-4-16(24)12-18(20)22/h3-8,11-13,26-27H,9-10H2,1-2H3/b25-20+. The highest BCUT2D eigenvalue weighted by Gasteiger charge is 2.29. The minimum absolute atomic E-state index is 0.0400. The lowest BCUT2D eigenvalue weighted by molar-refractivity contribution is -0.385. The van der Waals surface area contributed by atoms with Gasteiger partial charge in [0.1, 0.15) is 10.7 Å². The topological polar surface area (TPSA) is 148 Å². The second-order valence-electron chi connectivity index (χ2n) is 8.24. The van der Waals surface area contributed by atoms with Gasteiger partial charge in [0, 0.05) is 24.1 Å². The number of halogens is 1. The molecule has 0 atom stereocenters. The van der Waals surface area contributed by atoms with Crippen LogP contribution in [0.4, 0.5) is 21.5 Å². The highest BCUT2D eigenvalue weighted by molar-refractivity contribution is 7.93. The molecule has 3 aromatic rings. The van der Waals surface area contributed by atoms with E-state index in [0.29, 0.717) is 11.3 Å². The van der Waals surface area contributed by atoms with Crippen LogP contribution in [0.3, 0.4) is 0 Å². The molecule has 0 bridgehead atoms. The van der Waals surface area contributed by atoms with Crippen LogP contribution >= 0.6 is 0 Å². The first-order chi connectivity index (χ1) is 16.9. The molecule has 4 rings (SSSR count). The minimum Gasteiger partial charge on any atom is -0.279 e. The van der Waals surface area contributed by atoms with E-state index in [0.717, 1.165) is 35.9 Å². The third-order valence-electron chi connectivity index (χ3n) is 5.60. The predicted octanol–water partition coefficient (Wildman–Crippen LogP) is 4.15. The van der Waals surface area contributed by atoms with Gasteiger partial charge >= 0.3 is 0 Å². The number of sulfonamides is 1. The maximum atomic E-state index is 13.9. The summed E-state index contributed by atoms with van der Waals surface area (Å²) >= 11 is 0. The van der Waals surface area contributed by atoms with Crippen molar-refractivity contribution in [2.45, 2.75) is 30.1 Å². The SMILES string of the molecule is Cc1ccc(NS(=O)(=O)c2cc([N+](=O)[O-])ccc2N/N=C2\CCS(=O)(=O)c3ccc(F)cc32)c(C)c1. The Morgan fingerprint density at radius 1 is 1.03 bits per heavy atom. The molecular weight excluding hydrogens is 511 g/mol. The van der Waals surface area contributed by atoms with E-state index in [2.05, 4.69) is 15.2 Å². The van der Waals surface area contributed by atoms with Crippen molar-refractivity contribution >= 4 is 42.6 Å². The van der Waals surface area contributed by atoms with Gasteiger partial charge in [-0.1, -0.05) is 17.7 Å². The van der Waals surface area contributed by atoms with Gasteiger partial charge in [0.2, 0.25) is 0 Å². The number of anilines is 2. The number of nitrogens with one attached hydrogen (secondary N) is 2. The van der Waals surface area contributed by atoms with Crippen LogP contribution < -0.4 is 10.1 Å². The Labute approximate surface area is 207 Å². The highest BCUT2D eigenvalue weighted by atomic mass is 32.2. The van der Waals surface area contributed by atoms with Gasteiger partial charge < -0.3 is 0 Å². The second kappa shape index (κ2) is 9.32. The number of hydrogen-bond donors (Lipinski definition) is 2. The van der Waals surface area contributed by atoms with Gasteiger partial charge in [-0.25, -0.2) is 21.2 Å². The second-order valence-corrected chi connectivity index (χ2v) is 12.0. The number of non-ortho nitro benzene ring substituents is 1. The van der Waals surface area contributed by atoms with E-state index >= 15 is 0 Å². The molecule has 0 aromatic heterocycles. The molecule has 0 aliphatic carbocycles. The molecule has 10 nitrogen and oxygen atoms in total. The third kappa shape index (κ3) is 5.06. The van der Waals surface area contributed by atoms with Crippen LogP contribution in [-0.4, -0.2) is 33.2 Å². The van der Waals surface area contributed by atoms with Crippen LogP contribution in [0.15, 0.2) is 69.5 Å². The summed E-state index contributed by atoms with van der Waals surface area (Å²) in [4.78, 5) is 10.1. The monoisotopic (exact) mass is 532 g/mol. The number of sulfone groups is 1. The fourth-order valence-corrected chi connectivity index (χ4v) is 6.56. The molecule has 0 fully saturated rings. The summed E-state index contributed by atoms with van der Waals surface area (Å²) in [5, 5.41) is 15.5. The zero-order chi connectivity index (χ0) is 26.3. The van der Waals surface area contributed by atoms with Crippen LogP contribution in [0.25, 0.3) is 0 Å². The molecule has 0 saturated heterocycles. The van der Waals surface area contributed by atoms with E-state index in [4.69, 9.17) is 0 Å². The van der Waals surface area contributed by atoms with Crippen molar-refractivity contribution in [3.05, 3.63) is 87.2 Å². The Bertz CT molecular complexity index is 1640. The van der Waals surface area contributed by atoms with Gasteiger partial charge in [0.05, 0.1) is 32.7 Å². The van der Waals surface area contributed by atoms with E-state index in [1.807, 2.05) is 6.92 Å². The Morgan fingerprint density at radius 3 is 2.44 bits per heavy atom. The van der Waals surface area contributed by atoms with Gasteiger partial charge in [0.15, 0.2) is 9.84 Å². The normalized spacial score (nSPS) is 15.8. The van der Waals surface area contributed by atoms with E-state index in [-0.39, 0.29) is 34.0 Å². The van der Waals surface area contributed by atoms with Gasteiger partial charge in [-0.05, 0) is 49.7 Å². The quantitative estimate of drug-likeness (QED) is 0.275. The molecule has 1 aliphatic rings. The molecule has 1 heterocycles. The summed E-state index contributed by atoms with van der Waals surface area (Å²) in [5.41, 5.74) is 4.18. The number of hydrogen-bond acceptors (Lipinski definition) is 8. The lowest BCUT2D eigenvalue weighted by Crippen LogP contribution is -2.23. The molecule has 1 aliphatic heterocycles. The van der Waals surface area contributed by atoms with Crippen molar-refractivity contribution in [2.24, 2.45) is 5.10 Å². The van der Waals surface area contributed by atoms with Crippen LogP contribution in [-0.2, 0) is 19.9 Å². The number of aryl methyl sites for hydroxylation is 2. The molecule has 3 aromatic carbocycles. The van der Waals surface area contributed by atoms with Crippen molar-refractivity contribution in [1.29, 1.82) is 0 Å². The average molecular weight is 533 g/mol. The van der Waals surface area contributed by atoms with Gasteiger partial charge in [-0.3, -0.25) is 20.3 Å². The third-order valence-corrected chi connectivity index (χ3v) is 8.77. The van der Waals surface area contributed by atoms with E-state index in [1.54, 1.807) is 25.1 Å². The van der Waals surface area contributed by atoms with E-state index < -0.39 is 41.2 Å². The molecule has 2 N–H and O–H groups in total. The smallest absolute Gasteiger partial charge is 0.270 e. The number of hydrazone groups is 1. The lowest BCUT2D eigenvalue weighted by Gasteiger charge is -2.19. The summed E-state index contributed by atoms with van der Waals surface area (Å²) in [6, 6.07) is 11.5. The summed E-state index contributed by atoms with van der Waals surface area (Å²) in [6.45, 7) is 3.57. The Balaban J connectivity index is 1.76. The largest absolute Gasteiger partial charge is 0.279 e. The zero-order valence-electron chi connectivity index (χ0n) is 19.1. The number of nitro benzene ring substituents is 1. The van der Waals surface area contributed by atoms with Crippen molar-refractivity contribution in [2.75, 3.05) is 15.9 Å². The number of nitro groups is 1. The Morgan fingerprint density at radius 2 is 1.75 bits per heavy atom. The average Bonchev–Trinajstić information content (AvgIpc) is 2.80. The highest BCUT2D eigenvalue weighted by Crippen LogP contribution is 2.31. The number of rotatable bonds is 6. The number of benzene rings is 3. The summed E-state index contributed by atoms with van der Waals surface area (Å²) in [5.74, 6) is -0.916. The molecule has 188 valence electrons. The van der Waals surface area contributed by atoms with Crippen molar-refractivity contribution < 1.29 is 26.1 Å².